The molecule has 0 aliphatic rings. The molecule has 0 aliphatic carbocycles. The molecular weight excluding hydrogens is 216 g/mol. The van der Waals surface area contributed by atoms with Crippen molar-refractivity contribution in [2.45, 2.75) is 98.8 Å². The van der Waals surface area contributed by atoms with Crippen molar-refractivity contribution in [2.24, 2.45) is 11.3 Å². The molecule has 0 saturated carbocycles. The lowest BCUT2D eigenvalue weighted by atomic mass is 9.80. The van der Waals surface area contributed by atoms with Crippen molar-refractivity contribution in [1.82, 2.24) is 0 Å². The molecule has 109 valence electrons. The van der Waals surface area contributed by atoms with E-state index in [1.165, 1.54) is 64.2 Å². The maximum absolute atomic E-state index is 2.54. The Balaban J connectivity index is 3.33. The normalized spacial score (nSPS) is 13.8. The Morgan fingerprint density at radius 1 is 0.944 bits per heavy atom. The highest BCUT2D eigenvalue weighted by molar-refractivity contribution is 4.75. The molecule has 0 heterocycles. The Kier molecular flexibility index (Phi) is 10.9. The van der Waals surface area contributed by atoms with Crippen LogP contribution in [0.4, 0.5) is 0 Å². The van der Waals surface area contributed by atoms with Crippen molar-refractivity contribution < 1.29 is 0 Å². The molecule has 0 N–H and O–H groups in total. The summed E-state index contributed by atoms with van der Waals surface area (Å²) in [5, 5.41) is 0. The van der Waals surface area contributed by atoms with E-state index in [-0.39, 0.29) is 0 Å². The van der Waals surface area contributed by atoms with Gasteiger partial charge in [-0.2, -0.15) is 0 Å². The number of hydrogen-bond donors (Lipinski definition) is 0. The Morgan fingerprint density at radius 3 is 2.17 bits per heavy atom. The number of unbranched alkanes of at least 4 members (excludes halogenated alkanes) is 7. The molecular formula is C18H37. The average Bonchev–Trinajstić information content (AvgIpc) is 2.32. The SMILES string of the molecule is CCCCCCCC[CH]CC(C)CC(C)(C)CC. The molecule has 0 fully saturated rings. The zero-order valence-corrected chi connectivity index (χ0v) is 13.7. The lowest BCUT2D eigenvalue weighted by molar-refractivity contribution is 0.264. The summed E-state index contributed by atoms with van der Waals surface area (Å²) >= 11 is 0. The van der Waals surface area contributed by atoms with Crippen LogP contribution in [0.1, 0.15) is 98.8 Å². The maximum atomic E-state index is 2.54. The van der Waals surface area contributed by atoms with Crippen molar-refractivity contribution in [3.8, 4) is 0 Å². The van der Waals surface area contributed by atoms with Crippen molar-refractivity contribution in [2.75, 3.05) is 0 Å². The molecule has 1 unspecified atom stereocenters. The fourth-order valence-corrected chi connectivity index (χ4v) is 2.64. The van der Waals surface area contributed by atoms with Crippen molar-refractivity contribution >= 4 is 0 Å². The first-order valence-corrected chi connectivity index (χ1v) is 8.33. The second kappa shape index (κ2) is 10.9. The molecule has 0 saturated heterocycles. The predicted octanol–water partition coefficient (Wildman–Crippen LogP) is 6.79. The largest absolute Gasteiger partial charge is 0.0654 e. The summed E-state index contributed by atoms with van der Waals surface area (Å²) in [4.78, 5) is 0. The van der Waals surface area contributed by atoms with Crippen molar-refractivity contribution in [3.05, 3.63) is 6.42 Å². The summed E-state index contributed by atoms with van der Waals surface area (Å²) in [6, 6.07) is 0. The molecule has 0 nitrogen and oxygen atoms in total. The van der Waals surface area contributed by atoms with E-state index in [0.717, 1.165) is 5.92 Å². The summed E-state index contributed by atoms with van der Waals surface area (Å²) in [7, 11) is 0. The molecule has 1 radical (unpaired) electrons. The molecule has 0 aromatic carbocycles. The first-order valence-electron chi connectivity index (χ1n) is 8.33. The molecule has 0 heteroatoms. The highest BCUT2D eigenvalue weighted by Gasteiger charge is 2.18. The van der Waals surface area contributed by atoms with Gasteiger partial charge in [-0.15, -0.1) is 0 Å². The second-order valence-corrected chi connectivity index (χ2v) is 6.91. The Labute approximate surface area is 117 Å². The number of rotatable bonds is 12. The third-order valence-electron chi connectivity index (χ3n) is 4.19. The first kappa shape index (κ1) is 18.0. The maximum Gasteiger partial charge on any atom is -0.0354 e. The van der Waals surface area contributed by atoms with Gasteiger partial charge in [0.1, 0.15) is 0 Å². The lowest BCUT2D eigenvalue weighted by Gasteiger charge is -2.26. The van der Waals surface area contributed by atoms with Crippen LogP contribution < -0.4 is 0 Å². The topological polar surface area (TPSA) is 0 Å². The van der Waals surface area contributed by atoms with Gasteiger partial charge in [0.05, 0.1) is 0 Å². The van der Waals surface area contributed by atoms with Crippen LogP contribution in [-0.4, -0.2) is 0 Å². The van der Waals surface area contributed by atoms with E-state index in [9.17, 15) is 0 Å². The van der Waals surface area contributed by atoms with E-state index in [1.54, 1.807) is 0 Å². The van der Waals surface area contributed by atoms with Crippen LogP contribution in [0.15, 0.2) is 0 Å². The molecule has 0 rings (SSSR count). The van der Waals surface area contributed by atoms with Gasteiger partial charge in [0.2, 0.25) is 0 Å². The molecule has 0 aromatic heterocycles. The summed E-state index contributed by atoms with van der Waals surface area (Å²) in [5.74, 6) is 0.861. The molecule has 1 atom stereocenters. The predicted molar refractivity (Wildman–Crippen MR) is 84.8 cm³/mol. The molecule has 0 amide bonds. The molecule has 18 heavy (non-hydrogen) atoms. The molecule has 0 aromatic rings. The fraction of sp³-hybridized carbons (Fsp3) is 0.944. The van der Waals surface area contributed by atoms with Gasteiger partial charge in [0, 0.05) is 0 Å². The standard InChI is InChI=1S/C18H37/c1-6-8-9-10-11-12-13-14-15-17(3)16-18(4,5)7-2/h14,17H,6-13,15-16H2,1-5H3. The van der Waals surface area contributed by atoms with Crippen LogP contribution in [0.3, 0.4) is 0 Å². The Morgan fingerprint density at radius 2 is 1.56 bits per heavy atom. The summed E-state index contributed by atoms with van der Waals surface area (Å²) in [6.07, 6.45) is 16.4. The fourth-order valence-electron chi connectivity index (χ4n) is 2.64. The molecule has 0 bridgehead atoms. The van der Waals surface area contributed by atoms with E-state index >= 15 is 0 Å². The van der Waals surface area contributed by atoms with E-state index in [1.807, 2.05) is 0 Å². The third-order valence-corrected chi connectivity index (χ3v) is 4.19. The number of hydrogen-bond acceptors (Lipinski definition) is 0. The average molecular weight is 253 g/mol. The molecule has 0 spiro atoms. The summed E-state index contributed by atoms with van der Waals surface area (Å²) in [5.41, 5.74) is 0.535. The van der Waals surface area contributed by atoms with Gasteiger partial charge in [-0.05, 0) is 30.6 Å². The van der Waals surface area contributed by atoms with Crippen LogP contribution in [0.5, 0.6) is 0 Å². The highest BCUT2D eigenvalue weighted by atomic mass is 14.2. The van der Waals surface area contributed by atoms with Gasteiger partial charge in [0.15, 0.2) is 0 Å². The monoisotopic (exact) mass is 253 g/mol. The van der Waals surface area contributed by atoms with Crippen molar-refractivity contribution in [3.63, 3.8) is 0 Å². The summed E-state index contributed by atoms with van der Waals surface area (Å²) < 4.78 is 0. The minimum Gasteiger partial charge on any atom is -0.0654 e. The Bertz CT molecular complexity index is 169. The zero-order chi connectivity index (χ0) is 13.9. The van der Waals surface area contributed by atoms with Gasteiger partial charge < -0.3 is 0 Å². The highest BCUT2D eigenvalue weighted by Crippen LogP contribution is 2.30. The molecule has 0 aliphatic heterocycles. The van der Waals surface area contributed by atoms with E-state index < -0.39 is 0 Å². The van der Waals surface area contributed by atoms with E-state index in [2.05, 4.69) is 41.0 Å². The first-order chi connectivity index (χ1) is 8.52. The van der Waals surface area contributed by atoms with Crippen LogP contribution in [0.2, 0.25) is 0 Å². The van der Waals surface area contributed by atoms with Gasteiger partial charge in [-0.1, -0.05) is 86.0 Å². The van der Waals surface area contributed by atoms with E-state index in [4.69, 9.17) is 0 Å². The van der Waals surface area contributed by atoms with Crippen LogP contribution in [0.25, 0.3) is 0 Å². The van der Waals surface area contributed by atoms with Gasteiger partial charge in [-0.25, -0.2) is 0 Å². The third kappa shape index (κ3) is 11.1. The zero-order valence-electron chi connectivity index (χ0n) is 13.7. The van der Waals surface area contributed by atoms with E-state index in [0.29, 0.717) is 5.41 Å². The Hall–Kier alpha value is 0. The second-order valence-electron chi connectivity index (χ2n) is 6.91. The minimum atomic E-state index is 0.535. The van der Waals surface area contributed by atoms with Gasteiger partial charge >= 0.3 is 0 Å². The van der Waals surface area contributed by atoms with Crippen LogP contribution in [0, 0.1) is 17.8 Å². The van der Waals surface area contributed by atoms with Crippen LogP contribution >= 0.6 is 0 Å². The van der Waals surface area contributed by atoms with Crippen molar-refractivity contribution in [1.29, 1.82) is 0 Å². The van der Waals surface area contributed by atoms with Gasteiger partial charge in [-0.3, -0.25) is 0 Å². The smallest absolute Gasteiger partial charge is 0.0354 e. The van der Waals surface area contributed by atoms with Crippen LogP contribution in [-0.2, 0) is 0 Å². The minimum absolute atomic E-state index is 0.535. The van der Waals surface area contributed by atoms with Gasteiger partial charge in [0.25, 0.3) is 0 Å². The lowest BCUT2D eigenvalue weighted by Crippen LogP contribution is -2.14. The summed E-state index contributed by atoms with van der Waals surface area (Å²) in [6.45, 7) is 11.8. The quantitative estimate of drug-likeness (QED) is 0.336.